The van der Waals surface area contributed by atoms with Crippen LogP contribution in [-0.4, -0.2) is 15.5 Å². The van der Waals surface area contributed by atoms with Crippen molar-refractivity contribution in [2.24, 2.45) is 0 Å². The van der Waals surface area contributed by atoms with Crippen LogP contribution in [0.1, 0.15) is 0 Å². The van der Waals surface area contributed by atoms with Gasteiger partial charge in [-0.25, -0.2) is 18.2 Å². The predicted molar refractivity (Wildman–Crippen MR) is 104 cm³/mol. The molecule has 1 amide bonds. The number of hydrogen-bond acceptors (Lipinski definition) is 4. The fourth-order valence-electron chi connectivity index (χ4n) is 2.82. The number of amides is 1. The lowest BCUT2D eigenvalue weighted by molar-refractivity contribution is -0.116. The highest BCUT2D eigenvalue weighted by molar-refractivity contribution is 7.17. The molecule has 0 atom stereocenters. The average molecular weight is 415 g/mol. The Morgan fingerprint density at radius 1 is 1.07 bits per heavy atom. The Bertz CT molecular complexity index is 1280. The van der Waals surface area contributed by atoms with E-state index in [-0.39, 0.29) is 18.0 Å². The third-order valence-electron chi connectivity index (χ3n) is 4.22. The molecule has 9 heteroatoms. The van der Waals surface area contributed by atoms with Gasteiger partial charge in [-0.15, -0.1) is 11.3 Å². The highest BCUT2D eigenvalue weighted by Crippen LogP contribution is 2.30. The second-order valence-corrected chi connectivity index (χ2v) is 7.06. The number of carbonyl (C=O) groups excluding carboxylic acids is 1. The Morgan fingerprint density at radius 2 is 1.79 bits per heavy atom. The van der Waals surface area contributed by atoms with Crippen molar-refractivity contribution < 1.29 is 18.0 Å². The van der Waals surface area contributed by atoms with E-state index in [4.69, 9.17) is 0 Å². The molecule has 0 fully saturated rings. The average Bonchev–Trinajstić information content (AvgIpc) is 3.12. The van der Waals surface area contributed by atoms with Crippen molar-refractivity contribution in [3.63, 3.8) is 0 Å². The number of nitrogens with zero attached hydrogens (tertiary/aromatic N) is 2. The fraction of sp³-hybridized carbons (Fsp3) is 0.0500. The van der Waals surface area contributed by atoms with Gasteiger partial charge in [-0.05, 0) is 29.8 Å². The first-order valence-corrected chi connectivity index (χ1v) is 9.28. The standard InChI is InChI=1S/C20H12F3N3O2S/c21-12-3-1-11(2-4-12)14-9-29-19-18(14)24-10-26(20(19)28)8-17(27)25-16-6-5-13(22)7-15(16)23/h1-7,9-10H,8H2,(H,25,27). The van der Waals surface area contributed by atoms with Crippen LogP contribution in [0.25, 0.3) is 21.3 Å². The molecule has 29 heavy (non-hydrogen) atoms. The summed E-state index contributed by atoms with van der Waals surface area (Å²) in [5.41, 5.74) is 1.24. The summed E-state index contributed by atoms with van der Waals surface area (Å²) < 4.78 is 41.2. The van der Waals surface area contributed by atoms with Crippen molar-refractivity contribution in [3.05, 3.63) is 82.0 Å². The Kier molecular flexibility index (Phi) is 4.89. The summed E-state index contributed by atoms with van der Waals surface area (Å²) >= 11 is 1.17. The second-order valence-electron chi connectivity index (χ2n) is 6.18. The van der Waals surface area contributed by atoms with Gasteiger partial charge in [0.1, 0.15) is 28.7 Å². The molecule has 2 aromatic heterocycles. The molecule has 0 aliphatic carbocycles. The molecule has 2 aromatic carbocycles. The minimum absolute atomic E-state index is 0.187. The summed E-state index contributed by atoms with van der Waals surface area (Å²) in [6.07, 6.45) is 1.23. The summed E-state index contributed by atoms with van der Waals surface area (Å²) in [4.78, 5) is 29.1. The van der Waals surface area contributed by atoms with E-state index in [0.717, 1.165) is 16.7 Å². The van der Waals surface area contributed by atoms with E-state index in [1.54, 1.807) is 17.5 Å². The zero-order valence-corrected chi connectivity index (χ0v) is 15.5. The number of anilines is 1. The molecule has 1 N–H and O–H groups in total. The van der Waals surface area contributed by atoms with Crippen LogP contribution in [0.3, 0.4) is 0 Å². The van der Waals surface area contributed by atoms with E-state index in [1.165, 1.54) is 29.8 Å². The highest BCUT2D eigenvalue weighted by Gasteiger charge is 2.15. The third-order valence-corrected chi connectivity index (χ3v) is 5.18. The lowest BCUT2D eigenvalue weighted by Gasteiger charge is -2.08. The van der Waals surface area contributed by atoms with E-state index >= 15 is 0 Å². The van der Waals surface area contributed by atoms with Crippen molar-refractivity contribution in [1.82, 2.24) is 9.55 Å². The number of thiophene rings is 1. The van der Waals surface area contributed by atoms with Crippen molar-refractivity contribution in [2.45, 2.75) is 6.54 Å². The van der Waals surface area contributed by atoms with E-state index in [1.807, 2.05) is 0 Å². The largest absolute Gasteiger partial charge is 0.322 e. The molecule has 0 bridgehead atoms. The maximum Gasteiger partial charge on any atom is 0.271 e. The Hall–Kier alpha value is -3.46. The Balaban J connectivity index is 1.60. The van der Waals surface area contributed by atoms with Gasteiger partial charge in [-0.2, -0.15) is 0 Å². The quantitative estimate of drug-likeness (QED) is 0.544. The summed E-state index contributed by atoms with van der Waals surface area (Å²) in [5.74, 6) is -2.70. The van der Waals surface area contributed by atoms with Crippen LogP contribution in [0.2, 0.25) is 0 Å². The number of hydrogen-bond donors (Lipinski definition) is 1. The number of rotatable bonds is 4. The summed E-state index contributed by atoms with van der Waals surface area (Å²) in [5, 5.41) is 4.04. The van der Waals surface area contributed by atoms with Crippen LogP contribution in [0.5, 0.6) is 0 Å². The Labute approximate surface area is 166 Å². The van der Waals surface area contributed by atoms with Gasteiger partial charge in [-0.1, -0.05) is 12.1 Å². The Morgan fingerprint density at radius 3 is 2.52 bits per heavy atom. The lowest BCUT2D eigenvalue weighted by Crippen LogP contribution is -2.27. The molecule has 0 aliphatic rings. The number of nitrogens with one attached hydrogen (secondary N) is 1. The molecule has 4 aromatic rings. The molecule has 0 saturated heterocycles. The van der Waals surface area contributed by atoms with Gasteiger partial charge >= 0.3 is 0 Å². The molecular formula is C20H12F3N3O2S. The van der Waals surface area contributed by atoms with Crippen LogP contribution in [0.15, 0.2) is 59.0 Å². The molecule has 0 radical (unpaired) electrons. The van der Waals surface area contributed by atoms with Gasteiger partial charge in [0.05, 0.1) is 17.5 Å². The zero-order chi connectivity index (χ0) is 20.5. The van der Waals surface area contributed by atoms with E-state index < -0.39 is 23.1 Å². The van der Waals surface area contributed by atoms with Crippen LogP contribution < -0.4 is 10.9 Å². The normalized spacial score (nSPS) is 11.0. The summed E-state index contributed by atoms with van der Waals surface area (Å²) in [6.45, 7) is -0.387. The van der Waals surface area contributed by atoms with Gasteiger partial charge in [0.2, 0.25) is 5.91 Å². The van der Waals surface area contributed by atoms with Crippen molar-refractivity contribution >= 4 is 33.1 Å². The van der Waals surface area contributed by atoms with Gasteiger partial charge in [-0.3, -0.25) is 14.2 Å². The zero-order valence-electron chi connectivity index (χ0n) is 14.7. The monoisotopic (exact) mass is 415 g/mol. The van der Waals surface area contributed by atoms with E-state index in [2.05, 4.69) is 10.3 Å². The molecule has 0 aliphatic heterocycles. The van der Waals surface area contributed by atoms with Crippen molar-refractivity contribution in [1.29, 1.82) is 0 Å². The molecule has 5 nitrogen and oxygen atoms in total. The maximum absolute atomic E-state index is 13.7. The second kappa shape index (κ2) is 7.51. The van der Waals surface area contributed by atoms with Gasteiger partial charge in [0.15, 0.2) is 0 Å². The van der Waals surface area contributed by atoms with Crippen LogP contribution in [-0.2, 0) is 11.3 Å². The molecule has 2 heterocycles. The first-order chi connectivity index (χ1) is 13.9. The predicted octanol–water partition coefficient (Wildman–Crippen LogP) is 4.18. The van der Waals surface area contributed by atoms with Gasteiger partial charge < -0.3 is 5.32 Å². The number of halogens is 3. The number of carbonyl (C=O) groups is 1. The summed E-state index contributed by atoms with van der Waals surface area (Å²) in [7, 11) is 0. The molecule has 0 saturated carbocycles. The molecular weight excluding hydrogens is 403 g/mol. The number of fused-ring (bicyclic) bond motifs is 1. The molecule has 146 valence electrons. The fourth-order valence-corrected chi connectivity index (χ4v) is 3.80. The minimum atomic E-state index is -0.915. The topological polar surface area (TPSA) is 64.0 Å². The maximum atomic E-state index is 13.7. The van der Waals surface area contributed by atoms with Gasteiger partial charge in [0.25, 0.3) is 5.56 Å². The molecule has 0 unspecified atom stereocenters. The van der Waals surface area contributed by atoms with Gasteiger partial charge in [0, 0.05) is 17.0 Å². The van der Waals surface area contributed by atoms with Crippen molar-refractivity contribution in [3.8, 4) is 11.1 Å². The van der Waals surface area contributed by atoms with Crippen LogP contribution in [0, 0.1) is 17.5 Å². The van der Waals surface area contributed by atoms with Crippen molar-refractivity contribution in [2.75, 3.05) is 5.32 Å². The minimum Gasteiger partial charge on any atom is -0.322 e. The highest BCUT2D eigenvalue weighted by atomic mass is 32.1. The first-order valence-electron chi connectivity index (χ1n) is 8.40. The van der Waals surface area contributed by atoms with Crippen LogP contribution >= 0.6 is 11.3 Å². The SMILES string of the molecule is O=C(Cn1cnc2c(-c3ccc(F)cc3)csc2c1=O)Nc1ccc(F)cc1F. The van der Waals surface area contributed by atoms with E-state index in [9.17, 15) is 22.8 Å². The van der Waals surface area contributed by atoms with E-state index in [0.29, 0.717) is 27.4 Å². The lowest BCUT2D eigenvalue weighted by atomic mass is 10.1. The summed E-state index contributed by atoms with van der Waals surface area (Å²) in [6, 6.07) is 8.58. The first kappa shape index (κ1) is 18.9. The molecule has 4 rings (SSSR count). The third kappa shape index (κ3) is 3.77. The molecule has 0 spiro atoms. The number of aromatic nitrogens is 2. The smallest absolute Gasteiger partial charge is 0.271 e. The number of benzene rings is 2. The van der Waals surface area contributed by atoms with Crippen LogP contribution in [0.4, 0.5) is 18.9 Å².